The van der Waals surface area contributed by atoms with E-state index in [0.29, 0.717) is 21.8 Å². The highest BCUT2D eigenvalue weighted by Crippen LogP contribution is 2.31. The molecule has 1 aromatic rings. The maximum atomic E-state index is 14.5. The molecule has 6 heteroatoms. The Morgan fingerprint density at radius 2 is 2.25 bits per heavy atom. The number of benzene rings is 1. The molecule has 2 rings (SSSR count). The van der Waals surface area contributed by atoms with Crippen molar-refractivity contribution in [2.24, 2.45) is 5.73 Å². The first-order valence-corrected chi connectivity index (χ1v) is 7.81. The van der Waals surface area contributed by atoms with Gasteiger partial charge in [0, 0.05) is 25.2 Å². The number of nitrogens with two attached hydrogens (primary N) is 1. The quantitative estimate of drug-likeness (QED) is 0.841. The molecule has 0 saturated carbocycles. The lowest BCUT2D eigenvalue weighted by atomic mass is 10.0. The molecule has 1 aliphatic heterocycles. The average Bonchev–Trinajstić information content (AvgIpc) is 2.40. The molecular weight excluding hydrogens is 341 g/mol. The lowest BCUT2D eigenvalue weighted by Gasteiger charge is -2.37. The third kappa shape index (κ3) is 3.13. The molecule has 1 aromatic carbocycles. The first kappa shape index (κ1) is 15.7. The summed E-state index contributed by atoms with van der Waals surface area (Å²) in [7, 11) is 4.04. The van der Waals surface area contributed by atoms with E-state index in [1.165, 1.54) is 0 Å². The summed E-state index contributed by atoms with van der Waals surface area (Å²) in [4.78, 5) is 4.49. The van der Waals surface area contributed by atoms with Crippen LogP contribution >= 0.6 is 28.1 Å². The predicted octanol–water partition coefficient (Wildman–Crippen LogP) is 2.75. The van der Waals surface area contributed by atoms with Gasteiger partial charge in [-0.1, -0.05) is 12.2 Å². The fourth-order valence-corrected chi connectivity index (χ4v) is 3.50. The number of piperidine rings is 1. The van der Waals surface area contributed by atoms with Crippen molar-refractivity contribution < 1.29 is 4.39 Å². The number of halogens is 2. The van der Waals surface area contributed by atoms with Crippen molar-refractivity contribution in [2.45, 2.75) is 18.9 Å². The molecule has 0 bridgehead atoms. The van der Waals surface area contributed by atoms with Gasteiger partial charge < -0.3 is 15.5 Å². The third-order valence-corrected chi connectivity index (χ3v) is 4.85. The normalized spacial score (nSPS) is 19.9. The van der Waals surface area contributed by atoms with Crippen LogP contribution in [0.4, 0.5) is 10.1 Å². The van der Waals surface area contributed by atoms with E-state index in [2.05, 4.69) is 27.9 Å². The fourth-order valence-electron chi connectivity index (χ4n) is 2.65. The molecule has 1 unspecified atom stereocenters. The van der Waals surface area contributed by atoms with Crippen LogP contribution in [0.1, 0.15) is 18.4 Å². The Balaban J connectivity index is 2.28. The molecule has 0 radical (unpaired) electrons. The molecule has 0 aliphatic carbocycles. The number of likely N-dealkylation sites (N-methyl/N-ethyl adjacent to an activating group) is 2. The van der Waals surface area contributed by atoms with Crippen LogP contribution in [-0.2, 0) is 0 Å². The number of rotatable bonds is 3. The minimum absolute atomic E-state index is 0.197. The van der Waals surface area contributed by atoms with Crippen molar-refractivity contribution >= 4 is 38.8 Å². The zero-order valence-corrected chi connectivity index (χ0v) is 14.1. The van der Waals surface area contributed by atoms with E-state index in [9.17, 15) is 4.39 Å². The minimum atomic E-state index is -0.300. The SMILES string of the molecule is CN1CCCC(N(C)c2ccc(C(N)=S)c(Br)c2F)C1. The number of nitrogens with zero attached hydrogens (tertiary/aromatic N) is 2. The van der Waals surface area contributed by atoms with Crippen LogP contribution in [0.5, 0.6) is 0 Å². The zero-order chi connectivity index (χ0) is 14.9. The Kier molecular flexibility index (Phi) is 4.99. The summed E-state index contributed by atoms with van der Waals surface area (Å²) in [5.41, 5.74) is 6.70. The highest BCUT2D eigenvalue weighted by Gasteiger charge is 2.24. The fraction of sp³-hybridized carbons (Fsp3) is 0.500. The minimum Gasteiger partial charge on any atom is -0.389 e. The van der Waals surface area contributed by atoms with Gasteiger partial charge in [0.25, 0.3) is 0 Å². The van der Waals surface area contributed by atoms with E-state index in [0.717, 1.165) is 25.9 Å². The summed E-state index contributed by atoms with van der Waals surface area (Å²) in [6.07, 6.45) is 2.22. The topological polar surface area (TPSA) is 32.5 Å². The van der Waals surface area contributed by atoms with Gasteiger partial charge in [-0.05, 0) is 54.5 Å². The van der Waals surface area contributed by atoms with Gasteiger partial charge in [-0.25, -0.2) is 4.39 Å². The standard InChI is InChI=1S/C14H19BrFN3S/c1-18-7-3-4-9(8-18)19(2)11-6-5-10(14(17)20)12(15)13(11)16/h5-6,9H,3-4,7-8H2,1-2H3,(H2,17,20). The van der Waals surface area contributed by atoms with E-state index in [1.807, 2.05) is 11.9 Å². The van der Waals surface area contributed by atoms with Crippen molar-refractivity contribution in [3.05, 3.63) is 28.0 Å². The lowest BCUT2D eigenvalue weighted by Crippen LogP contribution is -2.45. The molecule has 3 nitrogen and oxygen atoms in total. The molecule has 1 atom stereocenters. The number of likely N-dealkylation sites (tertiary alicyclic amines) is 1. The second-order valence-corrected chi connectivity index (χ2v) is 6.53. The van der Waals surface area contributed by atoms with Gasteiger partial charge in [0.05, 0.1) is 10.2 Å². The first-order valence-electron chi connectivity index (χ1n) is 6.61. The number of hydrogen-bond acceptors (Lipinski definition) is 3. The number of hydrogen-bond donors (Lipinski definition) is 1. The van der Waals surface area contributed by atoms with Crippen LogP contribution in [0.25, 0.3) is 0 Å². The molecule has 0 amide bonds. The van der Waals surface area contributed by atoms with E-state index in [-0.39, 0.29) is 10.8 Å². The molecule has 20 heavy (non-hydrogen) atoms. The summed E-state index contributed by atoms with van der Waals surface area (Å²) >= 11 is 8.18. The van der Waals surface area contributed by atoms with Crippen LogP contribution in [0.15, 0.2) is 16.6 Å². The molecular formula is C14H19BrFN3S. The summed E-state index contributed by atoms with van der Waals surface area (Å²) < 4.78 is 14.9. The Morgan fingerprint density at radius 1 is 1.55 bits per heavy atom. The van der Waals surface area contributed by atoms with Crippen LogP contribution in [0.2, 0.25) is 0 Å². The van der Waals surface area contributed by atoms with Crippen molar-refractivity contribution in [1.82, 2.24) is 4.90 Å². The monoisotopic (exact) mass is 359 g/mol. The molecule has 1 heterocycles. The number of thiocarbonyl (C=S) groups is 1. The van der Waals surface area contributed by atoms with Gasteiger partial charge in [0.15, 0.2) is 5.82 Å². The van der Waals surface area contributed by atoms with E-state index < -0.39 is 0 Å². The second kappa shape index (κ2) is 6.37. The van der Waals surface area contributed by atoms with E-state index >= 15 is 0 Å². The molecule has 1 aliphatic rings. The van der Waals surface area contributed by atoms with Gasteiger partial charge in [-0.15, -0.1) is 0 Å². The van der Waals surface area contributed by atoms with Gasteiger partial charge in [-0.2, -0.15) is 0 Å². The Labute approximate surface area is 133 Å². The van der Waals surface area contributed by atoms with Crippen LogP contribution < -0.4 is 10.6 Å². The lowest BCUT2D eigenvalue weighted by molar-refractivity contribution is 0.247. The zero-order valence-electron chi connectivity index (χ0n) is 11.7. The van der Waals surface area contributed by atoms with Crippen LogP contribution in [0, 0.1) is 5.82 Å². The van der Waals surface area contributed by atoms with Crippen molar-refractivity contribution in [3.8, 4) is 0 Å². The second-order valence-electron chi connectivity index (χ2n) is 5.29. The predicted molar refractivity (Wildman–Crippen MR) is 88.9 cm³/mol. The summed E-state index contributed by atoms with van der Waals surface area (Å²) in [5.74, 6) is -0.300. The molecule has 1 saturated heterocycles. The Bertz CT molecular complexity index is 523. The largest absolute Gasteiger partial charge is 0.389 e. The Hall–Kier alpha value is -0.720. The van der Waals surface area contributed by atoms with Crippen molar-refractivity contribution in [2.75, 3.05) is 32.1 Å². The van der Waals surface area contributed by atoms with E-state index in [1.54, 1.807) is 12.1 Å². The van der Waals surface area contributed by atoms with Crippen LogP contribution in [-0.4, -0.2) is 43.1 Å². The third-order valence-electron chi connectivity index (χ3n) is 3.85. The van der Waals surface area contributed by atoms with Gasteiger partial charge in [0.2, 0.25) is 0 Å². The molecule has 1 fully saturated rings. The molecule has 0 spiro atoms. The van der Waals surface area contributed by atoms with Crippen molar-refractivity contribution in [1.29, 1.82) is 0 Å². The Morgan fingerprint density at radius 3 is 2.85 bits per heavy atom. The maximum absolute atomic E-state index is 14.5. The molecule has 2 N–H and O–H groups in total. The van der Waals surface area contributed by atoms with Gasteiger partial charge in [0.1, 0.15) is 4.99 Å². The van der Waals surface area contributed by atoms with Gasteiger partial charge in [-0.3, -0.25) is 0 Å². The summed E-state index contributed by atoms with van der Waals surface area (Å²) in [5, 5.41) is 0. The highest BCUT2D eigenvalue weighted by molar-refractivity contribution is 9.10. The van der Waals surface area contributed by atoms with Gasteiger partial charge >= 0.3 is 0 Å². The van der Waals surface area contributed by atoms with Crippen LogP contribution in [0.3, 0.4) is 0 Å². The highest BCUT2D eigenvalue weighted by atomic mass is 79.9. The summed E-state index contributed by atoms with van der Waals surface area (Å²) in [6, 6.07) is 3.85. The smallest absolute Gasteiger partial charge is 0.161 e. The van der Waals surface area contributed by atoms with E-state index in [4.69, 9.17) is 18.0 Å². The average molecular weight is 360 g/mol. The first-order chi connectivity index (χ1) is 9.41. The maximum Gasteiger partial charge on any atom is 0.161 e. The number of anilines is 1. The van der Waals surface area contributed by atoms with Crippen molar-refractivity contribution in [3.63, 3.8) is 0 Å². The molecule has 110 valence electrons. The summed E-state index contributed by atoms with van der Waals surface area (Å²) in [6.45, 7) is 2.06. The molecule has 0 aromatic heterocycles.